The molecule has 0 radical (unpaired) electrons. The number of carbonyl (C=O) groups is 1. The third-order valence-corrected chi connectivity index (χ3v) is 2.11. The van der Waals surface area contributed by atoms with E-state index in [2.05, 4.69) is 5.32 Å². The second-order valence-corrected chi connectivity index (χ2v) is 3.23. The lowest BCUT2D eigenvalue weighted by Gasteiger charge is -2.12. The van der Waals surface area contributed by atoms with Gasteiger partial charge >= 0.3 is 12.1 Å². The van der Waals surface area contributed by atoms with Crippen LogP contribution in [0, 0.1) is 0 Å². The first-order valence-corrected chi connectivity index (χ1v) is 4.96. The van der Waals surface area contributed by atoms with Crippen LogP contribution >= 0.6 is 0 Å². The first-order chi connectivity index (χ1) is 7.90. The van der Waals surface area contributed by atoms with E-state index in [4.69, 9.17) is 4.74 Å². The van der Waals surface area contributed by atoms with E-state index in [1.807, 2.05) is 0 Å². The third-order valence-electron chi connectivity index (χ3n) is 2.11. The SMILES string of the molecule is CCOC(=O)c1cc(C(F)(F)F)ccc1NC. The Labute approximate surface area is 96.6 Å². The van der Waals surface area contributed by atoms with Crippen LogP contribution in [0.1, 0.15) is 22.8 Å². The summed E-state index contributed by atoms with van der Waals surface area (Å²) in [4.78, 5) is 11.5. The highest BCUT2D eigenvalue weighted by Gasteiger charge is 2.31. The standard InChI is InChI=1S/C11H12F3NO2/c1-3-17-10(16)8-6-7(11(12,13)14)4-5-9(8)15-2/h4-6,15H,3H2,1-2H3. The second kappa shape index (κ2) is 5.07. The summed E-state index contributed by atoms with van der Waals surface area (Å²) in [7, 11) is 1.52. The molecule has 0 saturated carbocycles. The Morgan fingerprint density at radius 1 is 1.41 bits per heavy atom. The first-order valence-electron chi connectivity index (χ1n) is 4.96. The molecule has 0 spiro atoms. The molecule has 6 heteroatoms. The number of rotatable bonds is 3. The summed E-state index contributed by atoms with van der Waals surface area (Å²) in [6, 6.07) is 2.90. The van der Waals surface area contributed by atoms with Crippen LogP contribution in [0.4, 0.5) is 18.9 Å². The van der Waals surface area contributed by atoms with Gasteiger partial charge in [-0.2, -0.15) is 13.2 Å². The zero-order valence-electron chi connectivity index (χ0n) is 9.39. The first kappa shape index (κ1) is 13.3. The molecule has 17 heavy (non-hydrogen) atoms. The molecule has 1 N–H and O–H groups in total. The molecule has 0 heterocycles. The fourth-order valence-corrected chi connectivity index (χ4v) is 1.32. The number of halogens is 3. The lowest BCUT2D eigenvalue weighted by atomic mass is 10.1. The molecule has 1 rings (SSSR count). The van der Waals surface area contributed by atoms with Crippen molar-refractivity contribution >= 4 is 11.7 Å². The van der Waals surface area contributed by atoms with Crippen molar-refractivity contribution in [1.29, 1.82) is 0 Å². The number of hydrogen-bond acceptors (Lipinski definition) is 3. The van der Waals surface area contributed by atoms with Gasteiger partial charge in [0, 0.05) is 12.7 Å². The third kappa shape index (κ3) is 3.12. The van der Waals surface area contributed by atoms with E-state index in [0.717, 1.165) is 12.1 Å². The Morgan fingerprint density at radius 2 is 2.06 bits per heavy atom. The maximum Gasteiger partial charge on any atom is 0.416 e. The van der Waals surface area contributed by atoms with Gasteiger partial charge in [0.15, 0.2) is 0 Å². The van der Waals surface area contributed by atoms with E-state index in [0.29, 0.717) is 5.69 Å². The number of esters is 1. The van der Waals surface area contributed by atoms with Crippen molar-refractivity contribution < 1.29 is 22.7 Å². The highest BCUT2D eigenvalue weighted by atomic mass is 19.4. The maximum atomic E-state index is 12.5. The summed E-state index contributed by atoms with van der Waals surface area (Å²) in [5, 5.41) is 2.65. The number of anilines is 1. The van der Waals surface area contributed by atoms with Gasteiger partial charge in [-0.1, -0.05) is 0 Å². The molecule has 0 aromatic heterocycles. The van der Waals surface area contributed by atoms with Crippen LogP contribution in [-0.2, 0) is 10.9 Å². The molecule has 0 saturated heterocycles. The van der Waals surface area contributed by atoms with Gasteiger partial charge in [-0.25, -0.2) is 4.79 Å². The van der Waals surface area contributed by atoms with Gasteiger partial charge < -0.3 is 10.1 Å². The molecule has 1 aromatic rings. The van der Waals surface area contributed by atoms with Gasteiger partial charge in [-0.3, -0.25) is 0 Å². The number of hydrogen-bond donors (Lipinski definition) is 1. The van der Waals surface area contributed by atoms with E-state index < -0.39 is 17.7 Å². The molecule has 0 amide bonds. The van der Waals surface area contributed by atoms with Crippen LogP contribution < -0.4 is 5.32 Å². The maximum absolute atomic E-state index is 12.5. The number of carbonyl (C=O) groups excluding carboxylic acids is 1. The van der Waals surface area contributed by atoms with E-state index in [9.17, 15) is 18.0 Å². The van der Waals surface area contributed by atoms with Crippen molar-refractivity contribution in [2.45, 2.75) is 13.1 Å². The van der Waals surface area contributed by atoms with Gasteiger partial charge in [0.25, 0.3) is 0 Å². The van der Waals surface area contributed by atoms with Crippen molar-refractivity contribution in [3.8, 4) is 0 Å². The van der Waals surface area contributed by atoms with E-state index in [1.54, 1.807) is 6.92 Å². The van der Waals surface area contributed by atoms with Gasteiger partial charge in [-0.05, 0) is 25.1 Å². The van der Waals surface area contributed by atoms with E-state index in [1.165, 1.54) is 13.1 Å². The second-order valence-electron chi connectivity index (χ2n) is 3.23. The average molecular weight is 247 g/mol. The Morgan fingerprint density at radius 3 is 2.53 bits per heavy atom. The lowest BCUT2D eigenvalue weighted by Crippen LogP contribution is -2.12. The van der Waals surface area contributed by atoms with Gasteiger partial charge in [0.2, 0.25) is 0 Å². The summed E-state index contributed by atoms with van der Waals surface area (Å²) >= 11 is 0. The lowest BCUT2D eigenvalue weighted by molar-refractivity contribution is -0.137. The predicted molar refractivity (Wildman–Crippen MR) is 56.9 cm³/mol. The molecule has 0 atom stereocenters. The largest absolute Gasteiger partial charge is 0.462 e. The highest BCUT2D eigenvalue weighted by Crippen LogP contribution is 2.32. The van der Waals surface area contributed by atoms with Crippen molar-refractivity contribution in [2.75, 3.05) is 19.0 Å². The molecule has 0 aliphatic rings. The number of ether oxygens (including phenoxy) is 1. The minimum atomic E-state index is -4.48. The van der Waals surface area contributed by atoms with E-state index in [-0.39, 0.29) is 12.2 Å². The molecule has 3 nitrogen and oxygen atoms in total. The normalized spacial score (nSPS) is 11.1. The van der Waals surface area contributed by atoms with Gasteiger partial charge in [0.1, 0.15) is 0 Å². The zero-order valence-corrected chi connectivity index (χ0v) is 9.39. The van der Waals surface area contributed by atoms with Crippen molar-refractivity contribution in [3.63, 3.8) is 0 Å². The summed E-state index contributed by atoms with van der Waals surface area (Å²) in [5.41, 5.74) is -0.694. The van der Waals surface area contributed by atoms with Gasteiger partial charge in [0.05, 0.1) is 17.7 Å². The Balaban J connectivity index is 3.20. The van der Waals surface area contributed by atoms with Crippen LogP contribution in [0.2, 0.25) is 0 Å². The van der Waals surface area contributed by atoms with Crippen molar-refractivity contribution in [1.82, 2.24) is 0 Å². The number of nitrogens with one attached hydrogen (secondary N) is 1. The van der Waals surface area contributed by atoms with Crippen LogP contribution in [0.3, 0.4) is 0 Å². The molecule has 0 bridgehead atoms. The molecule has 1 aromatic carbocycles. The Kier molecular flexibility index (Phi) is 3.98. The van der Waals surface area contributed by atoms with E-state index >= 15 is 0 Å². The molecule has 0 aliphatic heterocycles. The summed E-state index contributed by atoms with van der Waals surface area (Å²) in [6.07, 6.45) is -4.48. The number of alkyl halides is 3. The molecule has 0 unspecified atom stereocenters. The highest BCUT2D eigenvalue weighted by molar-refractivity contribution is 5.95. The molecule has 0 aliphatic carbocycles. The average Bonchev–Trinajstić information content (AvgIpc) is 2.27. The molecule has 0 fully saturated rings. The predicted octanol–water partition coefficient (Wildman–Crippen LogP) is 2.92. The summed E-state index contributed by atoms with van der Waals surface area (Å²) < 4.78 is 42.1. The quantitative estimate of drug-likeness (QED) is 0.834. The molecule has 94 valence electrons. The Bertz CT molecular complexity index is 416. The minimum Gasteiger partial charge on any atom is -0.462 e. The topological polar surface area (TPSA) is 38.3 Å². The Hall–Kier alpha value is -1.72. The minimum absolute atomic E-state index is 0.109. The zero-order chi connectivity index (χ0) is 13.1. The summed E-state index contributed by atoms with van der Waals surface area (Å²) in [5.74, 6) is -0.775. The van der Waals surface area contributed by atoms with Crippen molar-refractivity contribution in [3.05, 3.63) is 29.3 Å². The van der Waals surface area contributed by atoms with Crippen molar-refractivity contribution in [2.24, 2.45) is 0 Å². The van der Waals surface area contributed by atoms with Crippen LogP contribution in [0.25, 0.3) is 0 Å². The molecular formula is C11H12F3NO2. The van der Waals surface area contributed by atoms with Crippen LogP contribution in [-0.4, -0.2) is 19.6 Å². The van der Waals surface area contributed by atoms with Gasteiger partial charge in [-0.15, -0.1) is 0 Å². The smallest absolute Gasteiger partial charge is 0.416 e. The van der Waals surface area contributed by atoms with Crippen LogP contribution in [0.15, 0.2) is 18.2 Å². The number of benzene rings is 1. The fraction of sp³-hybridized carbons (Fsp3) is 0.364. The molecular weight excluding hydrogens is 235 g/mol. The fourth-order valence-electron chi connectivity index (χ4n) is 1.32. The summed E-state index contributed by atoms with van der Waals surface area (Å²) in [6.45, 7) is 1.70. The van der Waals surface area contributed by atoms with Crippen LogP contribution in [0.5, 0.6) is 0 Å². The monoisotopic (exact) mass is 247 g/mol.